The number of aryl methyl sites for hydroxylation is 1. The van der Waals surface area contributed by atoms with Gasteiger partial charge in [0.05, 0.1) is 5.56 Å². The van der Waals surface area contributed by atoms with E-state index in [4.69, 9.17) is 5.73 Å². The van der Waals surface area contributed by atoms with E-state index in [1.165, 1.54) is 22.9 Å². The van der Waals surface area contributed by atoms with Gasteiger partial charge >= 0.3 is 0 Å². The molecule has 0 aromatic carbocycles. The van der Waals surface area contributed by atoms with Gasteiger partial charge in [0.2, 0.25) is 5.56 Å². The lowest BCUT2D eigenvalue weighted by Gasteiger charge is -2.18. The summed E-state index contributed by atoms with van der Waals surface area (Å²) >= 11 is 0. The van der Waals surface area contributed by atoms with Crippen molar-refractivity contribution in [3.8, 4) is 0 Å². The van der Waals surface area contributed by atoms with E-state index >= 15 is 0 Å². The number of nitrogens with zero attached hydrogens (tertiary/aromatic N) is 1. The SMILES string of the molecule is Cn1cc(C(=O)NCC(C)(C)N)ccc1=O. The summed E-state index contributed by atoms with van der Waals surface area (Å²) < 4.78 is 1.36. The third-order valence-electron chi connectivity index (χ3n) is 2.05. The summed E-state index contributed by atoms with van der Waals surface area (Å²) in [7, 11) is 1.60. The van der Waals surface area contributed by atoms with Crippen LogP contribution in [0.5, 0.6) is 0 Å². The maximum atomic E-state index is 11.7. The van der Waals surface area contributed by atoms with E-state index in [0.29, 0.717) is 12.1 Å². The van der Waals surface area contributed by atoms with Gasteiger partial charge in [-0.3, -0.25) is 9.59 Å². The van der Waals surface area contributed by atoms with Crippen LogP contribution in [0.3, 0.4) is 0 Å². The zero-order valence-corrected chi connectivity index (χ0v) is 9.78. The lowest BCUT2D eigenvalue weighted by Crippen LogP contribution is -2.45. The summed E-state index contributed by atoms with van der Waals surface area (Å²) in [5.74, 6) is -0.228. The second-order valence-corrected chi connectivity index (χ2v) is 4.54. The molecule has 1 rings (SSSR count). The fourth-order valence-electron chi connectivity index (χ4n) is 1.14. The zero-order chi connectivity index (χ0) is 12.3. The highest BCUT2D eigenvalue weighted by Gasteiger charge is 2.13. The van der Waals surface area contributed by atoms with Gasteiger partial charge in [-0.05, 0) is 19.9 Å². The molecule has 16 heavy (non-hydrogen) atoms. The smallest absolute Gasteiger partial charge is 0.252 e. The maximum absolute atomic E-state index is 11.7. The van der Waals surface area contributed by atoms with Crippen molar-refractivity contribution < 1.29 is 4.79 Å². The number of pyridine rings is 1. The second-order valence-electron chi connectivity index (χ2n) is 4.54. The molecule has 0 aliphatic carbocycles. The van der Waals surface area contributed by atoms with Crippen LogP contribution in [0.4, 0.5) is 0 Å². The van der Waals surface area contributed by atoms with E-state index in [1.54, 1.807) is 7.05 Å². The number of amides is 1. The van der Waals surface area contributed by atoms with Crippen molar-refractivity contribution in [2.75, 3.05) is 6.54 Å². The van der Waals surface area contributed by atoms with E-state index in [1.807, 2.05) is 13.8 Å². The monoisotopic (exact) mass is 223 g/mol. The number of hydrogen-bond acceptors (Lipinski definition) is 3. The van der Waals surface area contributed by atoms with Gasteiger partial charge in [-0.2, -0.15) is 0 Å². The molecule has 0 spiro atoms. The molecule has 1 aromatic rings. The number of carbonyl (C=O) groups excluding carboxylic acids is 1. The molecule has 5 nitrogen and oxygen atoms in total. The maximum Gasteiger partial charge on any atom is 0.252 e. The molecule has 0 bridgehead atoms. The molecular weight excluding hydrogens is 206 g/mol. The summed E-state index contributed by atoms with van der Waals surface area (Å²) in [5, 5.41) is 2.71. The minimum absolute atomic E-state index is 0.143. The Morgan fingerprint density at radius 3 is 2.62 bits per heavy atom. The van der Waals surface area contributed by atoms with Crippen LogP contribution in [0.15, 0.2) is 23.1 Å². The molecule has 0 radical (unpaired) electrons. The van der Waals surface area contributed by atoms with Gasteiger partial charge in [0.15, 0.2) is 0 Å². The first-order chi connectivity index (χ1) is 7.29. The van der Waals surface area contributed by atoms with E-state index in [0.717, 1.165) is 0 Å². The molecular formula is C11H17N3O2. The number of nitrogens with one attached hydrogen (secondary N) is 1. The van der Waals surface area contributed by atoms with Crippen LogP contribution in [0.1, 0.15) is 24.2 Å². The van der Waals surface area contributed by atoms with E-state index in [9.17, 15) is 9.59 Å². The molecule has 0 atom stereocenters. The summed E-state index contributed by atoms with van der Waals surface area (Å²) in [5.41, 5.74) is 5.61. The van der Waals surface area contributed by atoms with Crippen LogP contribution < -0.4 is 16.6 Å². The Bertz CT molecular complexity index is 443. The first kappa shape index (κ1) is 12.4. The average Bonchev–Trinajstić information content (AvgIpc) is 2.17. The largest absolute Gasteiger partial charge is 0.350 e. The average molecular weight is 223 g/mol. The Balaban J connectivity index is 2.74. The molecule has 1 heterocycles. The minimum atomic E-state index is -0.448. The number of hydrogen-bond donors (Lipinski definition) is 2. The summed E-state index contributed by atoms with van der Waals surface area (Å²) in [6, 6.07) is 2.86. The van der Waals surface area contributed by atoms with Gasteiger partial charge in [-0.25, -0.2) is 0 Å². The number of nitrogens with two attached hydrogens (primary N) is 1. The molecule has 1 aromatic heterocycles. The second kappa shape index (κ2) is 4.49. The van der Waals surface area contributed by atoms with E-state index in [2.05, 4.69) is 5.32 Å². The van der Waals surface area contributed by atoms with Crippen LogP contribution >= 0.6 is 0 Å². The van der Waals surface area contributed by atoms with Crippen LogP contribution in [0.25, 0.3) is 0 Å². The number of aromatic nitrogens is 1. The Morgan fingerprint density at radius 2 is 2.12 bits per heavy atom. The predicted molar refractivity (Wildman–Crippen MR) is 62.3 cm³/mol. The van der Waals surface area contributed by atoms with Crippen molar-refractivity contribution in [3.05, 3.63) is 34.2 Å². The fourth-order valence-corrected chi connectivity index (χ4v) is 1.14. The Hall–Kier alpha value is -1.62. The van der Waals surface area contributed by atoms with E-state index in [-0.39, 0.29) is 11.5 Å². The topological polar surface area (TPSA) is 77.1 Å². The van der Waals surface area contributed by atoms with E-state index < -0.39 is 5.54 Å². The van der Waals surface area contributed by atoms with Crippen LogP contribution in [0.2, 0.25) is 0 Å². The Morgan fingerprint density at radius 1 is 1.50 bits per heavy atom. The number of carbonyl (C=O) groups is 1. The molecule has 5 heteroatoms. The summed E-state index contributed by atoms with van der Waals surface area (Å²) in [6.07, 6.45) is 1.50. The van der Waals surface area contributed by atoms with Crippen molar-refractivity contribution in [2.45, 2.75) is 19.4 Å². The van der Waals surface area contributed by atoms with Crippen molar-refractivity contribution in [2.24, 2.45) is 12.8 Å². The molecule has 88 valence electrons. The first-order valence-electron chi connectivity index (χ1n) is 5.03. The molecule has 0 saturated carbocycles. The van der Waals surface area contributed by atoms with Crippen molar-refractivity contribution >= 4 is 5.91 Å². The highest BCUT2D eigenvalue weighted by molar-refractivity contribution is 5.93. The first-order valence-corrected chi connectivity index (χ1v) is 5.03. The Labute approximate surface area is 94.3 Å². The summed E-state index contributed by atoms with van der Waals surface area (Å²) in [6.45, 7) is 4.04. The lowest BCUT2D eigenvalue weighted by atomic mass is 10.1. The normalized spacial score (nSPS) is 11.2. The highest BCUT2D eigenvalue weighted by Crippen LogP contribution is 1.97. The predicted octanol–water partition coefficient (Wildman–Crippen LogP) is -0.148. The van der Waals surface area contributed by atoms with Crippen LogP contribution in [-0.4, -0.2) is 22.6 Å². The van der Waals surface area contributed by atoms with Crippen LogP contribution in [0, 0.1) is 0 Å². The third kappa shape index (κ3) is 3.51. The summed E-state index contributed by atoms with van der Waals surface area (Å²) in [4.78, 5) is 22.8. The standard InChI is InChI=1S/C11H17N3O2/c1-11(2,12)7-13-10(16)8-4-5-9(15)14(3)6-8/h4-6H,7,12H2,1-3H3,(H,13,16). The fraction of sp³-hybridized carbons (Fsp3) is 0.455. The molecule has 0 fully saturated rings. The quantitative estimate of drug-likeness (QED) is 0.748. The lowest BCUT2D eigenvalue weighted by molar-refractivity contribution is 0.0945. The molecule has 0 aliphatic rings. The van der Waals surface area contributed by atoms with Gasteiger partial charge in [-0.15, -0.1) is 0 Å². The van der Waals surface area contributed by atoms with Gasteiger partial charge in [0.25, 0.3) is 5.91 Å². The van der Waals surface area contributed by atoms with Crippen molar-refractivity contribution in [1.29, 1.82) is 0 Å². The van der Waals surface area contributed by atoms with Crippen molar-refractivity contribution in [3.63, 3.8) is 0 Å². The van der Waals surface area contributed by atoms with Gasteiger partial charge < -0.3 is 15.6 Å². The number of rotatable bonds is 3. The molecule has 0 unspecified atom stereocenters. The van der Waals surface area contributed by atoms with Crippen LogP contribution in [-0.2, 0) is 7.05 Å². The van der Waals surface area contributed by atoms with Gasteiger partial charge in [0.1, 0.15) is 0 Å². The van der Waals surface area contributed by atoms with Gasteiger partial charge in [-0.1, -0.05) is 0 Å². The molecule has 0 saturated heterocycles. The third-order valence-corrected chi connectivity index (χ3v) is 2.05. The Kier molecular flexibility index (Phi) is 3.49. The molecule has 1 amide bonds. The zero-order valence-electron chi connectivity index (χ0n) is 9.78. The molecule has 0 aliphatic heterocycles. The van der Waals surface area contributed by atoms with Gasteiger partial charge in [0, 0.05) is 31.4 Å². The minimum Gasteiger partial charge on any atom is -0.350 e. The molecule has 3 N–H and O–H groups in total. The highest BCUT2D eigenvalue weighted by atomic mass is 16.2. The van der Waals surface area contributed by atoms with Crippen molar-refractivity contribution in [1.82, 2.24) is 9.88 Å².